The molecule has 3 nitrogen and oxygen atoms in total. The predicted molar refractivity (Wildman–Crippen MR) is 58.1 cm³/mol. The summed E-state index contributed by atoms with van der Waals surface area (Å²) in [7, 11) is 0. The summed E-state index contributed by atoms with van der Waals surface area (Å²) in [5, 5.41) is 3.28. The van der Waals surface area contributed by atoms with Gasteiger partial charge in [0.2, 0.25) is 0 Å². The Bertz CT molecular complexity index is 297. The summed E-state index contributed by atoms with van der Waals surface area (Å²) in [6.45, 7) is 9.32. The van der Waals surface area contributed by atoms with Crippen LogP contribution in [0.4, 0.5) is 5.69 Å². The SMILES string of the molecule is [C-]#[N+]c1ccc(CNCCCN)cc1. The van der Waals surface area contributed by atoms with Gasteiger partial charge in [0.15, 0.2) is 5.69 Å². The van der Waals surface area contributed by atoms with E-state index in [4.69, 9.17) is 12.3 Å². The van der Waals surface area contributed by atoms with Gasteiger partial charge in [-0.25, -0.2) is 4.85 Å². The maximum Gasteiger partial charge on any atom is 0.187 e. The van der Waals surface area contributed by atoms with Gasteiger partial charge in [-0.3, -0.25) is 0 Å². The molecule has 0 bridgehead atoms. The molecular weight excluding hydrogens is 174 g/mol. The van der Waals surface area contributed by atoms with Gasteiger partial charge in [0.1, 0.15) is 0 Å². The fraction of sp³-hybridized carbons (Fsp3) is 0.364. The van der Waals surface area contributed by atoms with Crippen molar-refractivity contribution in [3.63, 3.8) is 0 Å². The second kappa shape index (κ2) is 6.14. The van der Waals surface area contributed by atoms with Crippen LogP contribution in [0, 0.1) is 6.57 Å². The van der Waals surface area contributed by atoms with Crippen LogP contribution in [0.2, 0.25) is 0 Å². The molecule has 0 aliphatic carbocycles. The Morgan fingerprint density at radius 2 is 2.00 bits per heavy atom. The van der Waals surface area contributed by atoms with Crippen LogP contribution in [-0.2, 0) is 6.54 Å². The first kappa shape index (κ1) is 10.7. The second-order valence-electron chi connectivity index (χ2n) is 3.10. The van der Waals surface area contributed by atoms with Crippen molar-refractivity contribution in [2.45, 2.75) is 13.0 Å². The Morgan fingerprint density at radius 1 is 1.29 bits per heavy atom. The molecule has 1 rings (SSSR count). The van der Waals surface area contributed by atoms with Gasteiger partial charge in [-0.1, -0.05) is 24.3 Å². The van der Waals surface area contributed by atoms with E-state index in [9.17, 15) is 0 Å². The Hall–Kier alpha value is -1.37. The highest BCUT2D eigenvalue weighted by Crippen LogP contribution is 2.12. The lowest BCUT2D eigenvalue weighted by atomic mass is 10.2. The zero-order valence-electron chi connectivity index (χ0n) is 8.16. The van der Waals surface area contributed by atoms with E-state index in [1.165, 1.54) is 5.56 Å². The van der Waals surface area contributed by atoms with E-state index in [1.54, 1.807) is 0 Å². The molecule has 0 aromatic heterocycles. The summed E-state index contributed by atoms with van der Waals surface area (Å²) >= 11 is 0. The largest absolute Gasteiger partial charge is 0.330 e. The van der Waals surface area contributed by atoms with Crippen LogP contribution >= 0.6 is 0 Å². The molecule has 0 spiro atoms. The summed E-state index contributed by atoms with van der Waals surface area (Å²) < 4.78 is 0. The topological polar surface area (TPSA) is 42.4 Å². The fourth-order valence-electron chi connectivity index (χ4n) is 1.15. The van der Waals surface area contributed by atoms with E-state index in [0.717, 1.165) is 26.1 Å². The maximum absolute atomic E-state index is 6.80. The number of nitrogens with zero attached hydrogens (tertiary/aromatic N) is 1. The van der Waals surface area contributed by atoms with Crippen LogP contribution in [0.1, 0.15) is 12.0 Å². The van der Waals surface area contributed by atoms with E-state index >= 15 is 0 Å². The number of hydrogen-bond acceptors (Lipinski definition) is 2. The van der Waals surface area contributed by atoms with Crippen LogP contribution in [0.5, 0.6) is 0 Å². The third-order valence-corrected chi connectivity index (χ3v) is 1.95. The summed E-state index contributed by atoms with van der Waals surface area (Å²) in [6, 6.07) is 7.63. The van der Waals surface area contributed by atoms with Crippen molar-refractivity contribution in [2.24, 2.45) is 5.73 Å². The van der Waals surface area contributed by atoms with E-state index in [0.29, 0.717) is 5.69 Å². The molecule has 0 aliphatic heterocycles. The van der Waals surface area contributed by atoms with Crippen molar-refractivity contribution in [3.05, 3.63) is 41.2 Å². The number of nitrogens with one attached hydrogen (secondary N) is 1. The van der Waals surface area contributed by atoms with Crippen molar-refractivity contribution in [3.8, 4) is 0 Å². The lowest BCUT2D eigenvalue weighted by molar-refractivity contribution is 0.655. The van der Waals surface area contributed by atoms with Crippen LogP contribution in [0.3, 0.4) is 0 Å². The summed E-state index contributed by atoms with van der Waals surface area (Å²) in [5.41, 5.74) is 7.27. The Kier molecular flexibility index (Phi) is 4.70. The minimum absolute atomic E-state index is 0.690. The number of rotatable bonds is 5. The summed E-state index contributed by atoms with van der Waals surface area (Å²) in [5.74, 6) is 0. The molecule has 0 aliphatic rings. The third kappa shape index (κ3) is 3.56. The molecule has 0 fully saturated rings. The molecule has 0 saturated heterocycles. The van der Waals surface area contributed by atoms with Crippen molar-refractivity contribution < 1.29 is 0 Å². The zero-order valence-corrected chi connectivity index (χ0v) is 8.16. The van der Waals surface area contributed by atoms with Gasteiger partial charge in [0.25, 0.3) is 0 Å². The third-order valence-electron chi connectivity index (χ3n) is 1.95. The average Bonchev–Trinajstić information content (AvgIpc) is 2.25. The molecule has 3 N–H and O–H groups in total. The van der Waals surface area contributed by atoms with Gasteiger partial charge >= 0.3 is 0 Å². The van der Waals surface area contributed by atoms with Gasteiger partial charge in [0.05, 0.1) is 6.57 Å². The molecule has 3 heteroatoms. The molecule has 1 aromatic rings. The molecule has 14 heavy (non-hydrogen) atoms. The first-order chi connectivity index (χ1) is 6.86. The van der Waals surface area contributed by atoms with Crippen LogP contribution in [0.25, 0.3) is 4.85 Å². The van der Waals surface area contributed by atoms with Gasteiger partial charge in [-0.05, 0) is 25.1 Å². The minimum atomic E-state index is 0.690. The first-order valence-corrected chi connectivity index (χ1v) is 4.74. The highest BCUT2D eigenvalue weighted by atomic mass is 14.8. The lowest BCUT2D eigenvalue weighted by Gasteiger charge is -2.03. The molecule has 0 heterocycles. The van der Waals surface area contributed by atoms with Crippen molar-refractivity contribution in [2.75, 3.05) is 13.1 Å². The summed E-state index contributed by atoms with van der Waals surface area (Å²) in [6.07, 6.45) is 1.00. The molecule has 0 saturated carbocycles. The van der Waals surface area contributed by atoms with Gasteiger partial charge in [0, 0.05) is 6.54 Å². The number of benzene rings is 1. The van der Waals surface area contributed by atoms with E-state index in [1.807, 2.05) is 24.3 Å². The normalized spacial score (nSPS) is 9.71. The van der Waals surface area contributed by atoms with E-state index in [2.05, 4.69) is 10.2 Å². The molecule has 0 amide bonds. The van der Waals surface area contributed by atoms with Crippen molar-refractivity contribution in [1.29, 1.82) is 0 Å². The molecule has 1 aromatic carbocycles. The Morgan fingerprint density at radius 3 is 2.57 bits per heavy atom. The monoisotopic (exact) mass is 189 g/mol. The quantitative estimate of drug-likeness (QED) is 0.546. The van der Waals surface area contributed by atoms with Gasteiger partial charge < -0.3 is 11.1 Å². The highest BCUT2D eigenvalue weighted by molar-refractivity contribution is 5.45. The van der Waals surface area contributed by atoms with Crippen LogP contribution < -0.4 is 11.1 Å². The van der Waals surface area contributed by atoms with Crippen molar-refractivity contribution >= 4 is 5.69 Å². The van der Waals surface area contributed by atoms with Gasteiger partial charge in [-0.2, -0.15) is 0 Å². The summed E-state index contributed by atoms with van der Waals surface area (Å²) in [4.78, 5) is 3.33. The lowest BCUT2D eigenvalue weighted by Crippen LogP contribution is -2.17. The number of nitrogens with two attached hydrogens (primary N) is 1. The van der Waals surface area contributed by atoms with E-state index in [-0.39, 0.29) is 0 Å². The molecule has 0 atom stereocenters. The Labute approximate surface area is 84.7 Å². The molecule has 74 valence electrons. The fourth-order valence-corrected chi connectivity index (χ4v) is 1.15. The van der Waals surface area contributed by atoms with Crippen molar-refractivity contribution in [1.82, 2.24) is 5.32 Å². The smallest absolute Gasteiger partial charge is 0.187 e. The molecule has 0 unspecified atom stereocenters. The second-order valence-corrected chi connectivity index (χ2v) is 3.10. The molecule has 0 radical (unpaired) electrons. The minimum Gasteiger partial charge on any atom is -0.330 e. The van der Waals surface area contributed by atoms with Crippen LogP contribution in [0.15, 0.2) is 24.3 Å². The highest BCUT2D eigenvalue weighted by Gasteiger charge is 1.92. The average molecular weight is 189 g/mol. The Balaban J connectivity index is 2.33. The molecular formula is C11H15N3. The van der Waals surface area contributed by atoms with Crippen LogP contribution in [-0.4, -0.2) is 13.1 Å². The predicted octanol–water partition coefficient (Wildman–Crippen LogP) is 1.68. The van der Waals surface area contributed by atoms with E-state index < -0.39 is 0 Å². The first-order valence-electron chi connectivity index (χ1n) is 4.74. The standard InChI is InChI=1S/C11H15N3/c1-13-11-5-3-10(4-6-11)9-14-8-2-7-12/h3-6,14H,2,7-9,12H2. The number of hydrogen-bond donors (Lipinski definition) is 2. The van der Waals surface area contributed by atoms with Gasteiger partial charge in [-0.15, -0.1) is 0 Å². The zero-order chi connectivity index (χ0) is 10.2. The maximum atomic E-state index is 6.80.